The van der Waals surface area contributed by atoms with Gasteiger partial charge in [0.05, 0.1) is 25.9 Å². The SMILES string of the molecule is CCOC(=O)C1(C2CCCC2O)COCCC1=O. The van der Waals surface area contributed by atoms with Crippen molar-refractivity contribution in [2.24, 2.45) is 11.3 Å². The molecule has 1 aliphatic carbocycles. The number of aliphatic hydroxyl groups excluding tert-OH is 1. The Morgan fingerprint density at radius 2 is 2.33 bits per heavy atom. The zero-order chi connectivity index (χ0) is 13.2. The molecule has 2 rings (SSSR count). The van der Waals surface area contributed by atoms with Gasteiger partial charge in [-0.1, -0.05) is 6.42 Å². The van der Waals surface area contributed by atoms with Gasteiger partial charge in [0.2, 0.25) is 0 Å². The van der Waals surface area contributed by atoms with Gasteiger partial charge in [0.25, 0.3) is 0 Å². The van der Waals surface area contributed by atoms with Crippen molar-refractivity contribution in [2.45, 2.75) is 38.7 Å². The summed E-state index contributed by atoms with van der Waals surface area (Å²) in [5, 5.41) is 10.0. The summed E-state index contributed by atoms with van der Waals surface area (Å²) in [4.78, 5) is 24.5. The van der Waals surface area contributed by atoms with Crippen molar-refractivity contribution in [2.75, 3.05) is 19.8 Å². The monoisotopic (exact) mass is 256 g/mol. The smallest absolute Gasteiger partial charge is 0.322 e. The Labute approximate surface area is 106 Å². The summed E-state index contributed by atoms with van der Waals surface area (Å²) >= 11 is 0. The predicted molar refractivity (Wildman–Crippen MR) is 62.9 cm³/mol. The summed E-state index contributed by atoms with van der Waals surface area (Å²) in [6.45, 7) is 2.34. The molecule has 1 saturated heterocycles. The van der Waals surface area contributed by atoms with Crippen LogP contribution in [0.4, 0.5) is 0 Å². The first-order valence-corrected chi connectivity index (χ1v) is 6.59. The molecule has 1 N–H and O–H groups in total. The van der Waals surface area contributed by atoms with Crippen LogP contribution in [0.2, 0.25) is 0 Å². The molecule has 1 saturated carbocycles. The maximum absolute atomic E-state index is 12.3. The van der Waals surface area contributed by atoms with Crippen molar-refractivity contribution in [3.63, 3.8) is 0 Å². The van der Waals surface area contributed by atoms with E-state index in [4.69, 9.17) is 9.47 Å². The number of hydrogen-bond acceptors (Lipinski definition) is 5. The topological polar surface area (TPSA) is 72.8 Å². The fourth-order valence-corrected chi connectivity index (χ4v) is 3.11. The van der Waals surface area contributed by atoms with Crippen LogP contribution in [-0.4, -0.2) is 42.8 Å². The minimum atomic E-state index is -1.27. The number of aliphatic hydroxyl groups is 1. The lowest BCUT2D eigenvalue weighted by Gasteiger charge is -2.39. The van der Waals surface area contributed by atoms with Crippen LogP contribution in [0.3, 0.4) is 0 Å². The number of ether oxygens (including phenoxy) is 2. The Kier molecular flexibility index (Phi) is 4.02. The molecule has 0 amide bonds. The Morgan fingerprint density at radius 3 is 2.89 bits per heavy atom. The third-order valence-electron chi connectivity index (χ3n) is 4.05. The number of carbonyl (C=O) groups excluding carboxylic acids is 2. The Bertz CT molecular complexity index is 340. The van der Waals surface area contributed by atoms with Crippen LogP contribution < -0.4 is 0 Å². The number of hydrogen-bond donors (Lipinski definition) is 1. The van der Waals surface area contributed by atoms with E-state index in [1.807, 2.05) is 0 Å². The van der Waals surface area contributed by atoms with E-state index >= 15 is 0 Å². The second kappa shape index (κ2) is 5.36. The number of carbonyl (C=O) groups is 2. The highest BCUT2D eigenvalue weighted by atomic mass is 16.5. The summed E-state index contributed by atoms with van der Waals surface area (Å²) in [6.07, 6.45) is 1.76. The summed E-state index contributed by atoms with van der Waals surface area (Å²) < 4.78 is 10.4. The fourth-order valence-electron chi connectivity index (χ4n) is 3.11. The zero-order valence-electron chi connectivity index (χ0n) is 10.7. The van der Waals surface area contributed by atoms with Crippen LogP contribution in [0.5, 0.6) is 0 Å². The van der Waals surface area contributed by atoms with E-state index in [9.17, 15) is 14.7 Å². The lowest BCUT2D eigenvalue weighted by Crippen LogP contribution is -2.54. The quantitative estimate of drug-likeness (QED) is 0.594. The molecule has 102 valence electrons. The second-order valence-electron chi connectivity index (χ2n) is 5.02. The lowest BCUT2D eigenvalue weighted by atomic mass is 9.69. The lowest BCUT2D eigenvalue weighted by molar-refractivity contribution is -0.178. The van der Waals surface area contributed by atoms with Crippen molar-refractivity contribution in [1.29, 1.82) is 0 Å². The highest BCUT2D eigenvalue weighted by Gasteiger charge is 2.57. The standard InChI is InChI=1S/C13H20O5/c1-2-18-12(16)13(8-17-7-6-11(13)15)9-4-3-5-10(9)14/h9-10,14H,2-8H2,1H3. The van der Waals surface area contributed by atoms with E-state index in [0.717, 1.165) is 6.42 Å². The molecule has 1 aliphatic heterocycles. The molecule has 0 aromatic heterocycles. The van der Waals surface area contributed by atoms with Gasteiger partial charge in [-0.25, -0.2) is 0 Å². The number of Topliss-reactive ketones (excluding diaryl/α,β-unsaturated/α-hetero) is 1. The number of ketones is 1. The number of esters is 1. The molecular weight excluding hydrogens is 236 g/mol. The summed E-state index contributed by atoms with van der Waals surface area (Å²) in [6, 6.07) is 0. The first kappa shape index (κ1) is 13.5. The third-order valence-corrected chi connectivity index (χ3v) is 4.05. The first-order chi connectivity index (χ1) is 8.63. The normalized spacial score (nSPS) is 36.7. The van der Waals surface area contributed by atoms with Crippen molar-refractivity contribution < 1.29 is 24.2 Å². The number of rotatable bonds is 3. The molecule has 5 nitrogen and oxygen atoms in total. The van der Waals surface area contributed by atoms with Gasteiger partial charge in [0.15, 0.2) is 11.2 Å². The van der Waals surface area contributed by atoms with Crippen LogP contribution in [-0.2, 0) is 19.1 Å². The van der Waals surface area contributed by atoms with E-state index in [0.29, 0.717) is 19.4 Å². The van der Waals surface area contributed by atoms with E-state index in [1.165, 1.54) is 0 Å². The molecule has 2 fully saturated rings. The molecule has 3 atom stereocenters. The van der Waals surface area contributed by atoms with Crippen molar-refractivity contribution in [3.05, 3.63) is 0 Å². The zero-order valence-corrected chi connectivity index (χ0v) is 10.7. The van der Waals surface area contributed by atoms with Gasteiger partial charge in [0, 0.05) is 12.3 Å². The second-order valence-corrected chi connectivity index (χ2v) is 5.02. The van der Waals surface area contributed by atoms with Crippen LogP contribution in [0.1, 0.15) is 32.6 Å². The van der Waals surface area contributed by atoms with Crippen molar-refractivity contribution in [3.8, 4) is 0 Å². The van der Waals surface area contributed by atoms with Crippen LogP contribution in [0.25, 0.3) is 0 Å². The predicted octanol–water partition coefficient (Wildman–Crippen LogP) is 0.686. The Balaban J connectivity index is 2.31. The summed E-state index contributed by atoms with van der Waals surface area (Å²) in [7, 11) is 0. The van der Waals surface area contributed by atoms with E-state index in [1.54, 1.807) is 6.92 Å². The van der Waals surface area contributed by atoms with Gasteiger partial charge in [-0.3, -0.25) is 9.59 Å². The fraction of sp³-hybridized carbons (Fsp3) is 0.846. The van der Waals surface area contributed by atoms with Crippen LogP contribution in [0, 0.1) is 11.3 Å². The first-order valence-electron chi connectivity index (χ1n) is 6.59. The molecular formula is C13H20O5. The van der Waals surface area contributed by atoms with E-state index in [-0.39, 0.29) is 31.3 Å². The van der Waals surface area contributed by atoms with Gasteiger partial charge in [-0.2, -0.15) is 0 Å². The summed E-state index contributed by atoms with van der Waals surface area (Å²) in [5.74, 6) is -1.02. The molecule has 18 heavy (non-hydrogen) atoms. The highest BCUT2D eigenvalue weighted by molar-refractivity contribution is 6.05. The maximum Gasteiger partial charge on any atom is 0.322 e. The van der Waals surface area contributed by atoms with Crippen LogP contribution in [0.15, 0.2) is 0 Å². The van der Waals surface area contributed by atoms with Gasteiger partial charge in [0.1, 0.15) is 0 Å². The molecule has 1 heterocycles. The Morgan fingerprint density at radius 1 is 1.56 bits per heavy atom. The van der Waals surface area contributed by atoms with Gasteiger partial charge >= 0.3 is 5.97 Å². The highest BCUT2D eigenvalue weighted by Crippen LogP contribution is 2.44. The Hall–Kier alpha value is -0.940. The molecule has 2 aliphatic rings. The van der Waals surface area contributed by atoms with E-state index < -0.39 is 17.5 Å². The maximum atomic E-state index is 12.3. The third kappa shape index (κ3) is 2.06. The largest absolute Gasteiger partial charge is 0.465 e. The molecule has 0 radical (unpaired) electrons. The molecule has 0 aromatic rings. The van der Waals surface area contributed by atoms with E-state index in [2.05, 4.69) is 0 Å². The van der Waals surface area contributed by atoms with Gasteiger partial charge in [-0.05, 0) is 19.8 Å². The summed E-state index contributed by atoms with van der Waals surface area (Å²) in [5.41, 5.74) is -1.27. The molecule has 0 aromatic carbocycles. The van der Waals surface area contributed by atoms with Gasteiger partial charge in [-0.15, -0.1) is 0 Å². The van der Waals surface area contributed by atoms with Crippen molar-refractivity contribution >= 4 is 11.8 Å². The minimum Gasteiger partial charge on any atom is -0.465 e. The molecule has 0 bridgehead atoms. The average Bonchev–Trinajstić information content (AvgIpc) is 2.77. The minimum absolute atomic E-state index is 0.0480. The van der Waals surface area contributed by atoms with Crippen LogP contribution >= 0.6 is 0 Å². The molecule has 0 spiro atoms. The average molecular weight is 256 g/mol. The molecule has 5 heteroatoms. The molecule has 3 unspecified atom stereocenters. The van der Waals surface area contributed by atoms with Gasteiger partial charge < -0.3 is 14.6 Å². The van der Waals surface area contributed by atoms with Crippen molar-refractivity contribution in [1.82, 2.24) is 0 Å².